The van der Waals surface area contributed by atoms with Crippen LogP contribution < -0.4 is 14.8 Å². The Bertz CT molecular complexity index is 830. The third kappa shape index (κ3) is 5.06. The second-order valence-electron chi connectivity index (χ2n) is 6.66. The van der Waals surface area contributed by atoms with Gasteiger partial charge in [0, 0.05) is 50.9 Å². The van der Waals surface area contributed by atoms with Gasteiger partial charge in [0.25, 0.3) is 0 Å². The van der Waals surface area contributed by atoms with Crippen LogP contribution in [0.15, 0.2) is 22.7 Å². The van der Waals surface area contributed by atoms with Crippen LogP contribution in [0.25, 0.3) is 0 Å². The predicted octanol–water partition coefficient (Wildman–Crippen LogP) is 3.56. The molecule has 28 heavy (non-hydrogen) atoms. The fourth-order valence-corrected chi connectivity index (χ4v) is 3.73. The molecule has 1 aromatic carbocycles. The summed E-state index contributed by atoms with van der Waals surface area (Å²) >= 11 is 11.8. The fraction of sp³-hybridized carbons (Fsp3) is 0.474. The van der Waals surface area contributed by atoms with Crippen molar-refractivity contribution in [1.29, 1.82) is 0 Å². The molecule has 0 atom stereocenters. The Morgan fingerprint density at radius 3 is 2.64 bits per heavy atom. The van der Waals surface area contributed by atoms with E-state index in [9.17, 15) is 0 Å². The minimum Gasteiger partial charge on any atom is -0.495 e. The second-order valence-corrected chi connectivity index (χ2v) is 7.46. The molecular formula is C19H25ClN4O3S. The minimum absolute atomic E-state index is 0.490. The number of hydrogen-bond donors (Lipinski definition) is 1. The van der Waals surface area contributed by atoms with Crippen molar-refractivity contribution in [1.82, 2.24) is 15.0 Å². The van der Waals surface area contributed by atoms with Crippen molar-refractivity contribution in [2.75, 3.05) is 45.7 Å². The zero-order valence-electron chi connectivity index (χ0n) is 16.3. The summed E-state index contributed by atoms with van der Waals surface area (Å²) in [5, 5.41) is 8.51. The number of aryl methyl sites for hydroxylation is 1. The maximum absolute atomic E-state index is 6.18. The van der Waals surface area contributed by atoms with E-state index in [-0.39, 0.29) is 0 Å². The van der Waals surface area contributed by atoms with Crippen molar-refractivity contribution in [3.05, 3.63) is 34.7 Å². The standard InChI is InChI=1S/C19H25ClN4O3S/c1-13-9-14(22-27-13)12-23-5-4-6-24(8-7-23)19(28)21-16-11-17(25-2)15(20)10-18(16)26-3/h9-11H,4-8,12H2,1-3H3,(H,21,28). The summed E-state index contributed by atoms with van der Waals surface area (Å²) in [5.74, 6) is 2.02. The van der Waals surface area contributed by atoms with Gasteiger partial charge in [-0.1, -0.05) is 16.8 Å². The molecule has 7 nitrogen and oxygen atoms in total. The number of nitrogens with one attached hydrogen (secondary N) is 1. The van der Waals surface area contributed by atoms with Gasteiger partial charge in [0.05, 0.1) is 30.6 Å². The summed E-state index contributed by atoms with van der Waals surface area (Å²) in [6.07, 6.45) is 1.01. The van der Waals surface area contributed by atoms with Crippen LogP contribution in [0.4, 0.5) is 5.69 Å². The van der Waals surface area contributed by atoms with Crippen LogP contribution in [0.5, 0.6) is 11.5 Å². The van der Waals surface area contributed by atoms with Gasteiger partial charge >= 0.3 is 0 Å². The third-order valence-electron chi connectivity index (χ3n) is 4.65. The molecule has 0 saturated carbocycles. The van der Waals surface area contributed by atoms with Gasteiger partial charge in [0.2, 0.25) is 0 Å². The van der Waals surface area contributed by atoms with Crippen LogP contribution in [0, 0.1) is 6.92 Å². The average Bonchev–Trinajstić information content (AvgIpc) is 2.94. The number of rotatable bonds is 5. The number of thiocarbonyl (C=S) groups is 1. The molecule has 0 spiro atoms. The van der Waals surface area contributed by atoms with E-state index >= 15 is 0 Å². The molecule has 0 unspecified atom stereocenters. The van der Waals surface area contributed by atoms with E-state index in [1.807, 2.05) is 13.0 Å². The highest BCUT2D eigenvalue weighted by Crippen LogP contribution is 2.36. The number of benzene rings is 1. The van der Waals surface area contributed by atoms with Crippen molar-refractivity contribution >= 4 is 34.6 Å². The highest BCUT2D eigenvalue weighted by Gasteiger charge is 2.19. The smallest absolute Gasteiger partial charge is 0.173 e. The van der Waals surface area contributed by atoms with Crippen LogP contribution in [0.1, 0.15) is 17.9 Å². The van der Waals surface area contributed by atoms with E-state index in [0.717, 1.165) is 56.3 Å². The normalized spacial score (nSPS) is 15.2. The molecule has 0 radical (unpaired) electrons. The van der Waals surface area contributed by atoms with Gasteiger partial charge in [-0.3, -0.25) is 4.90 Å². The van der Waals surface area contributed by atoms with Gasteiger partial charge in [0.1, 0.15) is 17.3 Å². The summed E-state index contributed by atoms with van der Waals surface area (Å²) in [7, 11) is 3.18. The molecule has 1 saturated heterocycles. The lowest BCUT2D eigenvalue weighted by Crippen LogP contribution is -2.37. The summed E-state index contributed by atoms with van der Waals surface area (Å²) in [4.78, 5) is 4.54. The quantitative estimate of drug-likeness (QED) is 0.731. The van der Waals surface area contributed by atoms with Crippen molar-refractivity contribution in [2.45, 2.75) is 19.9 Å². The minimum atomic E-state index is 0.490. The lowest BCUT2D eigenvalue weighted by Gasteiger charge is -2.25. The third-order valence-corrected chi connectivity index (χ3v) is 5.31. The molecule has 2 aromatic rings. The largest absolute Gasteiger partial charge is 0.495 e. The molecule has 0 bridgehead atoms. The van der Waals surface area contributed by atoms with Crippen LogP contribution in [0.2, 0.25) is 5.02 Å². The molecule has 152 valence electrons. The number of ether oxygens (including phenoxy) is 2. The lowest BCUT2D eigenvalue weighted by atomic mass is 10.2. The van der Waals surface area contributed by atoms with E-state index in [1.54, 1.807) is 26.4 Å². The van der Waals surface area contributed by atoms with Gasteiger partial charge in [-0.05, 0) is 25.6 Å². The van der Waals surface area contributed by atoms with Crippen LogP contribution in [-0.4, -0.2) is 60.5 Å². The summed E-state index contributed by atoms with van der Waals surface area (Å²) in [5.41, 5.74) is 1.69. The zero-order valence-corrected chi connectivity index (χ0v) is 17.9. The summed E-state index contributed by atoms with van der Waals surface area (Å²) < 4.78 is 15.9. The number of halogens is 1. The Balaban J connectivity index is 1.62. The Kier molecular flexibility index (Phi) is 6.98. The molecule has 1 aliphatic heterocycles. The van der Waals surface area contributed by atoms with E-state index in [4.69, 9.17) is 37.8 Å². The number of nitrogens with zero attached hydrogens (tertiary/aromatic N) is 3. The van der Waals surface area contributed by atoms with Crippen molar-refractivity contribution in [3.8, 4) is 11.5 Å². The Labute approximate surface area is 175 Å². The number of hydrogen-bond acceptors (Lipinski definition) is 6. The molecule has 1 N–H and O–H groups in total. The van der Waals surface area contributed by atoms with Gasteiger partial charge in [-0.15, -0.1) is 0 Å². The topological polar surface area (TPSA) is 63.0 Å². The fourth-order valence-electron chi connectivity index (χ4n) is 3.21. The van der Waals surface area contributed by atoms with E-state index in [0.29, 0.717) is 21.6 Å². The van der Waals surface area contributed by atoms with E-state index < -0.39 is 0 Å². The zero-order chi connectivity index (χ0) is 20.1. The maximum atomic E-state index is 6.18. The maximum Gasteiger partial charge on any atom is 0.173 e. The number of aromatic nitrogens is 1. The second kappa shape index (κ2) is 9.45. The van der Waals surface area contributed by atoms with Crippen LogP contribution >= 0.6 is 23.8 Å². The van der Waals surface area contributed by atoms with E-state index in [1.165, 1.54) is 0 Å². The molecule has 3 rings (SSSR count). The van der Waals surface area contributed by atoms with E-state index in [2.05, 4.69) is 20.3 Å². The highest BCUT2D eigenvalue weighted by molar-refractivity contribution is 7.80. The highest BCUT2D eigenvalue weighted by atomic mass is 35.5. The summed E-state index contributed by atoms with van der Waals surface area (Å²) in [6, 6.07) is 5.49. The van der Waals surface area contributed by atoms with Gasteiger partial charge < -0.3 is 24.2 Å². The molecule has 1 aliphatic rings. The average molecular weight is 425 g/mol. The van der Waals surface area contributed by atoms with Crippen LogP contribution in [-0.2, 0) is 6.54 Å². The molecule has 1 fully saturated rings. The van der Waals surface area contributed by atoms with Crippen molar-refractivity contribution < 1.29 is 14.0 Å². The first kappa shape index (κ1) is 20.7. The van der Waals surface area contributed by atoms with Crippen LogP contribution in [0.3, 0.4) is 0 Å². The number of anilines is 1. The van der Waals surface area contributed by atoms with Crippen molar-refractivity contribution in [2.24, 2.45) is 0 Å². The molecule has 9 heteroatoms. The van der Waals surface area contributed by atoms with Gasteiger partial charge in [-0.25, -0.2) is 0 Å². The first-order chi connectivity index (χ1) is 13.5. The predicted molar refractivity (Wildman–Crippen MR) is 113 cm³/mol. The molecular weight excluding hydrogens is 400 g/mol. The molecule has 2 heterocycles. The first-order valence-electron chi connectivity index (χ1n) is 9.12. The monoisotopic (exact) mass is 424 g/mol. The SMILES string of the molecule is COc1cc(NC(=S)N2CCCN(Cc3cc(C)on3)CC2)c(OC)cc1Cl. The number of methoxy groups -OCH3 is 2. The molecule has 0 aliphatic carbocycles. The first-order valence-corrected chi connectivity index (χ1v) is 9.90. The lowest BCUT2D eigenvalue weighted by molar-refractivity contribution is 0.267. The Hall–Kier alpha value is -2.03. The molecule has 1 aromatic heterocycles. The Morgan fingerprint density at radius 1 is 1.18 bits per heavy atom. The van der Waals surface area contributed by atoms with Crippen molar-refractivity contribution in [3.63, 3.8) is 0 Å². The van der Waals surface area contributed by atoms with Gasteiger partial charge in [-0.2, -0.15) is 0 Å². The van der Waals surface area contributed by atoms with Gasteiger partial charge in [0.15, 0.2) is 5.11 Å². The molecule has 0 amide bonds. The Morgan fingerprint density at radius 2 is 1.96 bits per heavy atom. The summed E-state index contributed by atoms with van der Waals surface area (Å²) in [6.45, 7) is 6.29.